The number of aromatic nitrogens is 2. The minimum Gasteiger partial charge on any atom is -0.379 e. The van der Waals surface area contributed by atoms with Gasteiger partial charge < -0.3 is 24.7 Å². The van der Waals surface area contributed by atoms with E-state index in [9.17, 15) is 0 Å². The minimum atomic E-state index is 0. The van der Waals surface area contributed by atoms with Crippen molar-refractivity contribution < 1.29 is 9.47 Å². The molecular formula is C14H26IN5O2. The third kappa shape index (κ3) is 7.41. The van der Waals surface area contributed by atoms with Crippen molar-refractivity contribution in [2.75, 3.05) is 40.0 Å². The molecule has 0 aromatic carbocycles. The Morgan fingerprint density at radius 2 is 2.32 bits per heavy atom. The molecule has 8 heteroatoms. The van der Waals surface area contributed by atoms with Crippen molar-refractivity contribution in [1.82, 2.24) is 20.2 Å². The number of imidazole rings is 1. The van der Waals surface area contributed by atoms with Crippen LogP contribution in [-0.2, 0) is 16.0 Å². The topological polar surface area (TPSA) is 72.7 Å². The molecule has 2 N–H and O–H groups in total. The summed E-state index contributed by atoms with van der Waals surface area (Å²) in [5.74, 6) is 0.819. The van der Waals surface area contributed by atoms with Crippen LogP contribution in [-0.4, -0.2) is 61.6 Å². The molecule has 2 rings (SSSR count). The van der Waals surface area contributed by atoms with Crippen molar-refractivity contribution in [3.63, 3.8) is 0 Å². The van der Waals surface area contributed by atoms with Crippen LogP contribution in [0.3, 0.4) is 0 Å². The second-order valence-corrected chi connectivity index (χ2v) is 4.94. The Bertz CT molecular complexity index is 407. The van der Waals surface area contributed by atoms with Gasteiger partial charge in [-0.2, -0.15) is 0 Å². The first-order chi connectivity index (χ1) is 10.4. The number of ether oxygens (including phenoxy) is 2. The first kappa shape index (κ1) is 19.2. The fourth-order valence-electron chi connectivity index (χ4n) is 2.12. The lowest BCUT2D eigenvalue weighted by atomic mass is 10.3. The van der Waals surface area contributed by atoms with Gasteiger partial charge >= 0.3 is 0 Å². The lowest BCUT2D eigenvalue weighted by Crippen LogP contribution is -2.39. The van der Waals surface area contributed by atoms with E-state index in [2.05, 4.69) is 20.6 Å². The highest BCUT2D eigenvalue weighted by Crippen LogP contribution is 2.07. The quantitative estimate of drug-likeness (QED) is 0.281. The van der Waals surface area contributed by atoms with Crippen LogP contribution in [0.5, 0.6) is 0 Å². The van der Waals surface area contributed by atoms with E-state index in [-0.39, 0.29) is 30.1 Å². The van der Waals surface area contributed by atoms with Crippen molar-refractivity contribution in [3.05, 3.63) is 18.7 Å². The zero-order valence-electron chi connectivity index (χ0n) is 13.0. The van der Waals surface area contributed by atoms with Crippen LogP contribution in [0.4, 0.5) is 0 Å². The number of halogens is 1. The number of guanidine groups is 1. The van der Waals surface area contributed by atoms with Crippen LogP contribution in [0.25, 0.3) is 0 Å². The van der Waals surface area contributed by atoms with E-state index in [1.165, 1.54) is 0 Å². The Hall–Kier alpha value is -0.870. The molecule has 0 aliphatic carbocycles. The van der Waals surface area contributed by atoms with Gasteiger partial charge in [-0.15, -0.1) is 24.0 Å². The molecule has 1 aliphatic heterocycles. The molecule has 1 aliphatic rings. The van der Waals surface area contributed by atoms with Gasteiger partial charge in [0.15, 0.2) is 5.96 Å². The number of hydrogen-bond acceptors (Lipinski definition) is 4. The molecule has 22 heavy (non-hydrogen) atoms. The van der Waals surface area contributed by atoms with Crippen LogP contribution in [0, 0.1) is 0 Å². The average molecular weight is 423 g/mol. The standard InChI is InChI=1S/C14H25N5O2.HI/c1-15-14(18-6-8-19-7-5-16-12-19)17-4-2-9-21-13-3-10-20-11-13;/h5,7,12-13H,2-4,6,8-11H2,1H3,(H2,15,17,18);1H. The third-order valence-corrected chi connectivity index (χ3v) is 3.30. The second kappa shape index (κ2) is 11.7. The summed E-state index contributed by atoms with van der Waals surface area (Å²) < 4.78 is 13.0. The number of nitrogens with one attached hydrogen (secondary N) is 2. The number of hydrogen-bond donors (Lipinski definition) is 2. The molecule has 0 bridgehead atoms. The molecule has 0 spiro atoms. The molecule has 1 unspecified atom stereocenters. The summed E-state index contributed by atoms with van der Waals surface area (Å²) >= 11 is 0. The predicted molar refractivity (Wildman–Crippen MR) is 96.8 cm³/mol. The van der Waals surface area contributed by atoms with E-state index < -0.39 is 0 Å². The van der Waals surface area contributed by atoms with Crippen molar-refractivity contribution in [2.24, 2.45) is 4.99 Å². The summed E-state index contributed by atoms with van der Waals surface area (Å²) in [5.41, 5.74) is 0. The fourth-order valence-corrected chi connectivity index (χ4v) is 2.12. The molecule has 0 saturated carbocycles. The SMILES string of the molecule is CN=C(NCCCOC1CCOC1)NCCn1ccnc1.I. The molecule has 1 aromatic heterocycles. The Morgan fingerprint density at radius 3 is 3.00 bits per heavy atom. The van der Waals surface area contributed by atoms with E-state index in [4.69, 9.17) is 9.47 Å². The van der Waals surface area contributed by atoms with Crippen LogP contribution in [0.2, 0.25) is 0 Å². The summed E-state index contributed by atoms with van der Waals surface area (Å²) in [6.45, 7) is 4.85. The molecule has 1 atom stereocenters. The smallest absolute Gasteiger partial charge is 0.191 e. The molecule has 1 aromatic rings. The van der Waals surface area contributed by atoms with E-state index in [1.807, 2.05) is 17.1 Å². The van der Waals surface area contributed by atoms with Crippen LogP contribution in [0.15, 0.2) is 23.7 Å². The summed E-state index contributed by atoms with van der Waals surface area (Å²) in [6.07, 6.45) is 7.80. The zero-order chi connectivity index (χ0) is 14.8. The summed E-state index contributed by atoms with van der Waals surface area (Å²) in [4.78, 5) is 8.20. The van der Waals surface area contributed by atoms with Crippen LogP contribution >= 0.6 is 24.0 Å². The molecule has 1 fully saturated rings. The van der Waals surface area contributed by atoms with E-state index in [0.29, 0.717) is 0 Å². The third-order valence-electron chi connectivity index (χ3n) is 3.30. The molecule has 7 nitrogen and oxygen atoms in total. The second-order valence-electron chi connectivity index (χ2n) is 4.94. The maximum absolute atomic E-state index is 5.71. The van der Waals surface area contributed by atoms with Crippen LogP contribution in [0.1, 0.15) is 12.8 Å². The first-order valence-electron chi connectivity index (χ1n) is 7.48. The maximum atomic E-state index is 5.71. The average Bonchev–Trinajstić information content (AvgIpc) is 3.18. The van der Waals surface area contributed by atoms with E-state index >= 15 is 0 Å². The van der Waals surface area contributed by atoms with Crippen molar-refractivity contribution in [1.29, 1.82) is 0 Å². The molecule has 2 heterocycles. The van der Waals surface area contributed by atoms with E-state index in [0.717, 1.165) is 58.3 Å². The highest BCUT2D eigenvalue weighted by molar-refractivity contribution is 14.0. The Balaban J connectivity index is 0.00000242. The monoisotopic (exact) mass is 423 g/mol. The highest BCUT2D eigenvalue weighted by atomic mass is 127. The van der Waals surface area contributed by atoms with Gasteiger partial charge in [-0.1, -0.05) is 0 Å². The first-order valence-corrected chi connectivity index (χ1v) is 7.48. The lowest BCUT2D eigenvalue weighted by molar-refractivity contribution is 0.0420. The summed E-state index contributed by atoms with van der Waals surface area (Å²) in [6, 6.07) is 0. The fraction of sp³-hybridized carbons (Fsp3) is 0.714. The van der Waals surface area contributed by atoms with E-state index in [1.54, 1.807) is 13.2 Å². The predicted octanol–water partition coefficient (Wildman–Crippen LogP) is 0.862. The van der Waals surface area contributed by atoms with Crippen LogP contribution < -0.4 is 10.6 Å². The van der Waals surface area contributed by atoms with Gasteiger partial charge in [0, 0.05) is 52.3 Å². The van der Waals surface area contributed by atoms with Gasteiger partial charge in [-0.25, -0.2) is 4.98 Å². The van der Waals surface area contributed by atoms with Gasteiger partial charge in [0.1, 0.15) is 0 Å². The van der Waals surface area contributed by atoms with Gasteiger partial charge in [-0.3, -0.25) is 4.99 Å². The largest absolute Gasteiger partial charge is 0.379 e. The Kier molecular flexibility index (Phi) is 10.2. The molecule has 0 amide bonds. The molecule has 1 saturated heterocycles. The van der Waals surface area contributed by atoms with Crippen molar-refractivity contribution in [3.8, 4) is 0 Å². The maximum Gasteiger partial charge on any atom is 0.191 e. The van der Waals surface area contributed by atoms with Crippen molar-refractivity contribution >= 4 is 29.9 Å². The number of rotatable bonds is 8. The molecular weight excluding hydrogens is 397 g/mol. The van der Waals surface area contributed by atoms with Crippen molar-refractivity contribution in [2.45, 2.75) is 25.5 Å². The highest BCUT2D eigenvalue weighted by Gasteiger charge is 2.15. The minimum absolute atomic E-state index is 0. The van der Waals surface area contributed by atoms with Gasteiger partial charge in [0.05, 0.1) is 19.0 Å². The number of aliphatic imine (C=N–C) groups is 1. The Morgan fingerprint density at radius 1 is 1.45 bits per heavy atom. The van der Waals surface area contributed by atoms with Gasteiger partial charge in [0.2, 0.25) is 0 Å². The molecule has 0 radical (unpaired) electrons. The molecule has 126 valence electrons. The summed E-state index contributed by atoms with van der Waals surface area (Å²) in [7, 11) is 1.78. The van der Waals surface area contributed by atoms with Gasteiger partial charge in [-0.05, 0) is 12.8 Å². The zero-order valence-corrected chi connectivity index (χ0v) is 15.4. The van der Waals surface area contributed by atoms with Gasteiger partial charge in [0.25, 0.3) is 0 Å². The summed E-state index contributed by atoms with van der Waals surface area (Å²) in [5, 5.41) is 6.55. The number of nitrogens with zero attached hydrogens (tertiary/aromatic N) is 3. The Labute approximate surface area is 148 Å². The lowest BCUT2D eigenvalue weighted by Gasteiger charge is -2.13. The normalized spacial score (nSPS) is 18.0.